The number of aryl methyl sites for hydroxylation is 1. The summed E-state index contributed by atoms with van der Waals surface area (Å²) in [6.45, 7) is 2.82. The highest BCUT2D eigenvalue weighted by molar-refractivity contribution is 7.92. The summed E-state index contributed by atoms with van der Waals surface area (Å²) in [7, 11) is -3.60. The molecule has 3 heterocycles. The minimum absolute atomic E-state index is 0.0172. The number of nitrogens with zero attached hydrogens (tertiary/aromatic N) is 2. The van der Waals surface area contributed by atoms with Crippen molar-refractivity contribution in [2.24, 2.45) is 5.92 Å². The molecule has 0 radical (unpaired) electrons. The van der Waals surface area contributed by atoms with E-state index < -0.39 is 38.4 Å². The van der Waals surface area contributed by atoms with Crippen LogP contribution in [-0.2, 0) is 19.4 Å². The second-order valence-corrected chi connectivity index (χ2v) is 11.4. The van der Waals surface area contributed by atoms with E-state index in [1.54, 1.807) is 6.92 Å². The smallest absolute Gasteiger partial charge is 0.252 e. The number of amides is 1. The van der Waals surface area contributed by atoms with Crippen molar-refractivity contribution in [2.45, 2.75) is 68.1 Å². The molecule has 1 atom stereocenters. The van der Waals surface area contributed by atoms with Crippen LogP contribution in [0.4, 0.5) is 10.2 Å². The molecule has 1 N–H and O–H groups in total. The summed E-state index contributed by atoms with van der Waals surface area (Å²) in [5.74, 6) is -0.640. The van der Waals surface area contributed by atoms with Crippen LogP contribution in [0.3, 0.4) is 0 Å². The molecule has 0 unspecified atom stereocenters. The highest BCUT2D eigenvalue weighted by Crippen LogP contribution is 2.31. The van der Waals surface area contributed by atoms with E-state index in [0.717, 1.165) is 37.9 Å². The van der Waals surface area contributed by atoms with Crippen LogP contribution in [-0.4, -0.2) is 42.3 Å². The van der Waals surface area contributed by atoms with Gasteiger partial charge in [0.25, 0.3) is 5.56 Å². The van der Waals surface area contributed by atoms with Gasteiger partial charge in [0.2, 0.25) is 5.91 Å². The van der Waals surface area contributed by atoms with Gasteiger partial charge in [0.05, 0.1) is 16.3 Å². The van der Waals surface area contributed by atoms with E-state index in [1.165, 1.54) is 22.8 Å². The first-order chi connectivity index (χ1) is 16.3. The number of aromatic nitrogens is 2. The number of carbonyl (C=O) groups is 1. The highest BCUT2D eigenvalue weighted by Gasteiger charge is 2.33. The van der Waals surface area contributed by atoms with Gasteiger partial charge in [0.15, 0.2) is 9.84 Å². The van der Waals surface area contributed by atoms with Gasteiger partial charge in [-0.05, 0) is 63.1 Å². The fourth-order valence-electron chi connectivity index (χ4n) is 4.92. The summed E-state index contributed by atoms with van der Waals surface area (Å²) >= 11 is 0. The molecule has 34 heavy (non-hydrogen) atoms. The number of hydrogen-bond acceptors (Lipinski definition) is 6. The minimum Gasteiger partial charge on any atom is -0.381 e. The van der Waals surface area contributed by atoms with Crippen LogP contribution in [0.1, 0.15) is 56.7 Å². The van der Waals surface area contributed by atoms with E-state index in [0.29, 0.717) is 38.2 Å². The lowest BCUT2D eigenvalue weighted by Crippen LogP contribution is -2.37. The first-order valence-electron chi connectivity index (χ1n) is 11.7. The number of nitrogens with one attached hydrogen (secondary N) is 1. The summed E-state index contributed by atoms with van der Waals surface area (Å²) in [5, 5.41) is 2.21. The van der Waals surface area contributed by atoms with Crippen LogP contribution >= 0.6 is 0 Å². The molecule has 10 heteroatoms. The predicted octanol–water partition coefficient (Wildman–Crippen LogP) is 3.40. The average Bonchev–Trinajstić information content (AvgIpc) is 3.36. The SMILES string of the molecule is Cc1cc(S(=O)(=O)C2CCCC2)cc(=O)n1[C@H](CC1CCOCC1)C(=O)Nc1ccc(F)cn1. The number of carbonyl (C=O) groups excluding carboxylic acids is 1. The Morgan fingerprint density at radius 2 is 1.91 bits per heavy atom. The molecule has 184 valence electrons. The van der Waals surface area contributed by atoms with Crippen molar-refractivity contribution in [1.29, 1.82) is 0 Å². The summed E-state index contributed by atoms with van der Waals surface area (Å²) in [4.78, 5) is 30.4. The Morgan fingerprint density at radius 1 is 1.21 bits per heavy atom. The van der Waals surface area contributed by atoms with Crippen molar-refractivity contribution in [2.75, 3.05) is 18.5 Å². The Balaban J connectivity index is 1.67. The molecule has 1 aliphatic carbocycles. The maximum Gasteiger partial charge on any atom is 0.252 e. The third-order valence-corrected chi connectivity index (χ3v) is 9.04. The van der Waals surface area contributed by atoms with Gasteiger partial charge in [-0.15, -0.1) is 0 Å². The van der Waals surface area contributed by atoms with E-state index in [2.05, 4.69) is 10.3 Å². The van der Waals surface area contributed by atoms with Gasteiger partial charge in [0.1, 0.15) is 17.7 Å². The normalized spacial score (nSPS) is 18.6. The van der Waals surface area contributed by atoms with Crippen molar-refractivity contribution in [3.63, 3.8) is 0 Å². The maximum atomic E-state index is 13.3. The van der Waals surface area contributed by atoms with Crippen LogP contribution in [0.15, 0.2) is 40.2 Å². The Kier molecular flexibility index (Phi) is 7.47. The van der Waals surface area contributed by atoms with Gasteiger partial charge in [-0.25, -0.2) is 17.8 Å². The first-order valence-corrected chi connectivity index (χ1v) is 13.3. The minimum atomic E-state index is -3.60. The Bertz CT molecular complexity index is 1180. The zero-order valence-corrected chi connectivity index (χ0v) is 20.0. The zero-order chi connectivity index (χ0) is 24.3. The van der Waals surface area contributed by atoms with E-state index >= 15 is 0 Å². The van der Waals surface area contributed by atoms with E-state index in [1.807, 2.05) is 0 Å². The third-order valence-electron chi connectivity index (χ3n) is 6.79. The Hall–Kier alpha value is -2.59. The van der Waals surface area contributed by atoms with Crippen molar-refractivity contribution >= 4 is 21.6 Å². The van der Waals surface area contributed by atoms with Crippen molar-refractivity contribution in [1.82, 2.24) is 9.55 Å². The lowest BCUT2D eigenvalue weighted by molar-refractivity contribution is -0.120. The molecule has 8 nitrogen and oxygen atoms in total. The lowest BCUT2D eigenvalue weighted by atomic mass is 9.91. The quantitative estimate of drug-likeness (QED) is 0.636. The summed E-state index contributed by atoms with van der Waals surface area (Å²) in [5.41, 5.74) is -0.126. The third kappa shape index (κ3) is 5.38. The van der Waals surface area contributed by atoms with Crippen LogP contribution in [0.2, 0.25) is 0 Å². The molecule has 0 bridgehead atoms. The molecule has 2 aliphatic rings. The fraction of sp³-hybridized carbons (Fsp3) is 0.542. The molecule has 2 fully saturated rings. The van der Waals surface area contributed by atoms with Crippen LogP contribution in [0, 0.1) is 18.7 Å². The second-order valence-electron chi connectivity index (χ2n) is 9.15. The van der Waals surface area contributed by atoms with Crippen molar-refractivity contribution in [3.05, 3.63) is 52.3 Å². The molecule has 0 aromatic carbocycles. The summed E-state index contributed by atoms with van der Waals surface area (Å²) in [6, 6.07) is 4.31. The summed E-state index contributed by atoms with van der Waals surface area (Å²) < 4.78 is 46.1. The van der Waals surface area contributed by atoms with Gasteiger partial charge in [-0.3, -0.25) is 9.59 Å². The van der Waals surface area contributed by atoms with E-state index in [-0.39, 0.29) is 16.6 Å². The standard InChI is InChI=1S/C24H30FN3O5S/c1-16-12-20(34(31,32)19-4-2-3-5-19)14-23(29)28(16)21(13-17-8-10-33-11-9-17)24(30)27-22-7-6-18(25)15-26-22/h6-7,12,14-15,17,19,21H,2-5,8-11,13H2,1H3,(H,26,27,30)/t21-/m1/s1. The average molecular weight is 492 g/mol. The Morgan fingerprint density at radius 3 is 2.53 bits per heavy atom. The molecule has 1 saturated carbocycles. The maximum absolute atomic E-state index is 13.3. The van der Waals surface area contributed by atoms with Gasteiger partial charge in [0, 0.05) is 25.0 Å². The first kappa shape index (κ1) is 24.5. The second kappa shape index (κ2) is 10.4. The fourth-order valence-corrected chi connectivity index (χ4v) is 6.86. The van der Waals surface area contributed by atoms with Crippen molar-refractivity contribution < 1.29 is 22.3 Å². The highest BCUT2D eigenvalue weighted by atomic mass is 32.2. The number of pyridine rings is 2. The zero-order valence-electron chi connectivity index (χ0n) is 19.2. The van der Waals surface area contributed by atoms with Gasteiger partial charge in [-0.2, -0.15) is 0 Å². The van der Waals surface area contributed by atoms with Crippen LogP contribution in [0.5, 0.6) is 0 Å². The van der Waals surface area contributed by atoms with E-state index in [9.17, 15) is 22.4 Å². The molecular weight excluding hydrogens is 461 g/mol. The molecule has 2 aromatic rings. The molecule has 4 rings (SSSR count). The van der Waals surface area contributed by atoms with Gasteiger partial charge in [-0.1, -0.05) is 12.8 Å². The number of sulfone groups is 1. The monoisotopic (exact) mass is 491 g/mol. The predicted molar refractivity (Wildman–Crippen MR) is 125 cm³/mol. The Labute approximate surface area is 198 Å². The lowest BCUT2D eigenvalue weighted by Gasteiger charge is -2.28. The van der Waals surface area contributed by atoms with Gasteiger partial charge >= 0.3 is 0 Å². The van der Waals surface area contributed by atoms with Crippen molar-refractivity contribution in [3.8, 4) is 0 Å². The number of halogens is 1. The topological polar surface area (TPSA) is 107 Å². The van der Waals surface area contributed by atoms with Crippen LogP contribution in [0.25, 0.3) is 0 Å². The largest absolute Gasteiger partial charge is 0.381 e. The number of hydrogen-bond donors (Lipinski definition) is 1. The van der Waals surface area contributed by atoms with E-state index in [4.69, 9.17) is 4.74 Å². The molecule has 2 aromatic heterocycles. The molecular formula is C24H30FN3O5S. The number of rotatable bonds is 7. The number of ether oxygens (including phenoxy) is 1. The summed E-state index contributed by atoms with van der Waals surface area (Å²) in [6.07, 6.45) is 5.86. The molecule has 1 amide bonds. The van der Waals surface area contributed by atoms with Crippen LogP contribution < -0.4 is 10.9 Å². The number of anilines is 1. The van der Waals surface area contributed by atoms with Gasteiger partial charge < -0.3 is 14.6 Å². The molecule has 1 aliphatic heterocycles. The molecule has 1 saturated heterocycles. The molecule has 0 spiro atoms.